The van der Waals surface area contributed by atoms with Crippen LogP contribution >= 0.6 is 35.3 Å². The summed E-state index contributed by atoms with van der Waals surface area (Å²) in [6, 6.07) is 10.8. The summed E-state index contributed by atoms with van der Waals surface area (Å²) in [6.45, 7) is 7.35. The van der Waals surface area contributed by atoms with Crippen LogP contribution in [0.25, 0.3) is 10.2 Å². The maximum atomic E-state index is 13.5. The van der Waals surface area contributed by atoms with E-state index >= 15 is 0 Å². The Morgan fingerprint density at radius 2 is 1.74 bits per heavy atom. The molecule has 6 nitrogen and oxygen atoms in total. The number of carbonyl (C=O) groups is 1. The molecule has 0 unspecified atom stereocenters. The molecule has 0 atom stereocenters. The summed E-state index contributed by atoms with van der Waals surface area (Å²) in [5.41, 5.74) is 1.34. The molecule has 0 bridgehead atoms. The van der Waals surface area contributed by atoms with Crippen molar-refractivity contribution in [2.24, 2.45) is 0 Å². The molecular formula is C22H27Cl2N3O3S. The molecule has 1 heterocycles. The van der Waals surface area contributed by atoms with Crippen molar-refractivity contribution in [2.75, 3.05) is 45.3 Å². The second kappa shape index (κ2) is 11.5. The van der Waals surface area contributed by atoms with E-state index in [2.05, 4.69) is 18.7 Å². The Labute approximate surface area is 198 Å². The summed E-state index contributed by atoms with van der Waals surface area (Å²) in [7, 11) is 3.13. The fraction of sp³-hybridized carbons (Fsp3) is 0.364. The second-order valence-corrected chi connectivity index (χ2v) is 8.11. The van der Waals surface area contributed by atoms with E-state index in [0.29, 0.717) is 33.8 Å². The highest BCUT2D eigenvalue weighted by Crippen LogP contribution is 2.33. The Balaban J connectivity index is 0.00000341. The summed E-state index contributed by atoms with van der Waals surface area (Å²) in [5, 5.41) is 1.30. The first-order chi connectivity index (χ1) is 14.5. The van der Waals surface area contributed by atoms with Gasteiger partial charge in [-0.3, -0.25) is 9.69 Å². The number of hydrogen-bond acceptors (Lipinski definition) is 6. The first-order valence-corrected chi connectivity index (χ1v) is 11.0. The van der Waals surface area contributed by atoms with Crippen molar-refractivity contribution in [1.82, 2.24) is 9.88 Å². The minimum Gasteiger partial charge on any atom is -0.493 e. The number of methoxy groups -OCH3 is 2. The third-order valence-corrected chi connectivity index (χ3v) is 6.26. The number of carbonyl (C=O) groups excluding carboxylic acids is 1. The van der Waals surface area contributed by atoms with E-state index in [-0.39, 0.29) is 18.3 Å². The number of halogens is 2. The summed E-state index contributed by atoms with van der Waals surface area (Å²) < 4.78 is 11.6. The average Bonchev–Trinajstić information content (AvgIpc) is 3.18. The molecule has 0 N–H and O–H groups in total. The lowest BCUT2D eigenvalue weighted by Crippen LogP contribution is -2.38. The third-order valence-electron chi connectivity index (χ3n) is 4.98. The van der Waals surface area contributed by atoms with Crippen LogP contribution in [0.2, 0.25) is 5.02 Å². The molecule has 0 aliphatic rings. The van der Waals surface area contributed by atoms with Crippen LogP contribution in [-0.4, -0.2) is 56.2 Å². The predicted octanol–water partition coefficient (Wildman–Crippen LogP) is 5.38. The first kappa shape index (κ1) is 25.2. The van der Waals surface area contributed by atoms with Gasteiger partial charge in [-0.1, -0.05) is 36.8 Å². The summed E-state index contributed by atoms with van der Waals surface area (Å²) in [6.07, 6.45) is 0. The Morgan fingerprint density at radius 3 is 2.39 bits per heavy atom. The van der Waals surface area contributed by atoms with Gasteiger partial charge in [-0.15, -0.1) is 12.4 Å². The molecule has 31 heavy (non-hydrogen) atoms. The maximum absolute atomic E-state index is 13.5. The van der Waals surface area contributed by atoms with Crippen LogP contribution in [0.1, 0.15) is 24.2 Å². The van der Waals surface area contributed by atoms with Crippen molar-refractivity contribution in [3.05, 3.63) is 47.0 Å². The number of likely N-dealkylation sites (N-methyl/N-ethyl adjacent to an activating group) is 1. The molecule has 3 rings (SSSR count). The highest BCUT2D eigenvalue weighted by molar-refractivity contribution is 7.22. The van der Waals surface area contributed by atoms with Crippen molar-refractivity contribution < 1.29 is 14.3 Å². The van der Waals surface area contributed by atoms with Crippen molar-refractivity contribution in [3.8, 4) is 11.5 Å². The number of benzene rings is 2. The minimum atomic E-state index is -0.131. The lowest BCUT2D eigenvalue weighted by Gasteiger charge is -2.25. The van der Waals surface area contributed by atoms with Crippen LogP contribution in [0.5, 0.6) is 11.5 Å². The van der Waals surface area contributed by atoms with Gasteiger partial charge in [-0.05, 0) is 49.5 Å². The van der Waals surface area contributed by atoms with E-state index in [0.717, 1.165) is 29.9 Å². The summed E-state index contributed by atoms with van der Waals surface area (Å²) >= 11 is 7.60. The number of hydrogen-bond donors (Lipinski definition) is 0. The third kappa shape index (κ3) is 5.80. The van der Waals surface area contributed by atoms with E-state index in [1.54, 1.807) is 37.3 Å². The zero-order valence-electron chi connectivity index (χ0n) is 18.1. The van der Waals surface area contributed by atoms with E-state index in [9.17, 15) is 4.79 Å². The van der Waals surface area contributed by atoms with Crippen LogP contribution in [0.3, 0.4) is 0 Å². The minimum absolute atomic E-state index is 0. The van der Waals surface area contributed by atoms with E-state index in [1.165, 1.54) is 11.3 Å². The average molecular weight is 484 g/mol. The number of ether oxygens (including phenoxy) is 2. The number of thiazole rings is 1. The number of aromatic nitrogens is 1. The molecule has 0 saturated heterocycles. The van der Waals surface area contributed by atoms with E-state index in [1.807, 2.05) is 18.2 Å². The van der Waals surface area contributed by atoms with Gasteiger partial charge in [0, 0.05) is 23.7 Å². The Kier molecular flexibility index (Phi) is 9.37. The SMILES string of the molecule is CCN(CC)CCN(C(=O)c1ccc(OC)c(OC)c1)c1nc2ccc(Cl)cc2s1.Cl. The van der Waals surface area contributed by atoms with Gasteiger partial charge >= 0.3 is 0 Å². The van der Waals surface area contributed by atoms with Crippen LogP contribution in [0.4, 0.5) is 5.13 Å². The van der Waals surface area contributed by atoms with Crippen LogP contribution in [0.15, 0.2) is 36.4 Å². The van der Waals surface area contributed by atoms with Crippen LogP contribution in [0, 0.1) is 0 Å². The van der Waals surface area contributed by atoms with Crippen molar-refractivity contribution >= 4 is 56.6 Å². The zero-order chi connectivity index (χ0) is 21.7. The van der Waals surface area contributed by atoms with Crippen molar-refractivity contribution in [2.45, 2.75) is 13.8 Å². The molecule has 0 radical (unpaired) electrons. The number of anilines is 1. The maximum Gasteiger partial charge on any atom is 0.260 e. The molecule has 0 aliphatic carbocycles. The van der Waals surface area contributed by atoms with Gasteiger partial charge < -0.3 is 14.4 Å². The van der Waals surface area contributed by atoms with Gasteiger partial charge in [0.15, 0.2) is 16.6 Å². The van der Waals surface area contributed by atoms with Gasteiger partial charge in [0.2, 0.25) is 0 Å². The van der Waals surface area contributed by atoms with Gasteiger partial charge in [0.25, 0.3) is 5.91 Å². The summed E-state index contributed by atoms with van der Waals surface area (Å²) in [5.74, 6) is 0.967. The molecule has 168 valence electrons. The highest BCUT2D eigenvalue weighted by atomic mass is 35.5. The number of nitrogens with zero attached hydrogens (tertiary/aromatic N) is 3. The molecule has 0 saturated carbocycles. The molecule has 9 heteroatoms. The van der Waals surface area contributed by atoms with Gasteiger partial charge in [-0.25, -0.2) is 4.98 Å². The Hall–Kier alpha value is -2.06. The molecule has 3 aromatic rings. The van der Waals surface area contributed by atoms with Gasteiger partial charge in [-0.2, -0.15) is 0 Å². The molecule has 0 spiro atoms. The van der Waals surface area contributed by atoms with E-state index < -0.39 is 0 Å². The van der Waals surface area contributed by atoms with Crippen molar-refractivity contribution in [1.29, 1.82) is 0 Å². The number of fused-ring (bicyclic) bond motifs is 1. The smallest absolute Gasteiger partial charge is 0.260 e. The molecule has 0 aliphatic heterocycles. The number of rotatable bonds is 9. The predicted molar refractivity (Wildman–Crippen MR) is 131 cm³/mol. The monoisotopic (exact) mass is 483 g/mol. The van der Waals surface area contributed by atoms with Crippen molar-refractivity contribution in [3.63, 3.8) is 0 Å². The molecule has 1 aromatic heterocycles. The summed E-state index contributed by atoms with van der Waals surface area (Å²) in [4.78, 5) is 22.2. The second-order valence-electron chi connectivity index (χ2n) is 6.66. The van der Waals surface area contributed by atoms with E-state index in [4.69, 9.17) is 26.1 Å². The first-order valence-electron chi connectivity index (χ1n) is 9.83. The molecule has 1 amide bonds. The highest BCUT2D eigenvalue weighted by Gasteiger charge is 2.23. The van der Waals surface area contributed by atoms with Crippen LogP contribution in [-0.2, 0) is 0 Å². The van der Waals surface area contributed by atoms with Gasteiger partial charge in [0.05, 0.1) is 24.4 Å². The Bertz CT molecular complexity index is 1020. The lowest BCUT2D eigenvalue weighted by atomic mass is 10.1. The van der Waals surface area contributed by atoms with Crippen LogP contribution < -0.4 is 14.4 Å². The lowest BCUT2D eigenvalue weighted by molar-refractivity contribution is 0.0983. The Morgan fingerprint density at radius 1 is 1.03 bits per heavy atom. The largest absolute Gasteiger partial charge is 0.493 e. The number of amides is 1. The fourth-order valence-electron chi connectivity index (χ4n) is 3.19. The fourth-order valence-corrected chi connectivity index (χ4v) is 4.46. The standard InChI is InChI=1S/C22H26ClN3O3S.ClH/c1-5-25(6-2)11-12-26(22-24-17-9-8-16(23)14-20(17)30-22)21(27)15-7-10-18(28-3)19(13-15)29-4;/h7-10,13-14H,5-6,11-12H2,1-4H3;1H. The molecular weight excluding hydrogens is 457 g/mol. The quantitative estimate of drug-likeness (QED) is 0.408. The topological polar surface area (TPSA) is 54.9 Å². The van der Waals surface area contributed by atoms with Gasteiger partial charge in [0.1, 0.15) is 0 Å². The zero-order valence-corrected chi connectivity index (χ0v) is 20.4. The normalized spacial score (nSPS) is 10.8. The molecule has 2 aromatic carbocycles. The molecule has 0 fully saturated rings.